The predicted molar refractivity (Wildman–Crippen MR) is 70.0 cm³/mol. The summed E-state index contributed by atoms with van der Waals surface area (Å²) in [5.41, 5.74) is -0.487. The smallest absolute Gasteiger partial charge is 0.331 e. The fraction of sp³-hybridized carbons (Fsp3) is 0.667. The van der Waals surface area contributed by atoms with Gasteiger partial charge in [0.15, 0.2) is 0 Å². The van der Waals surface area contributed by atoms with Crippen molar-refractivity contribution in [1.29, 1.82) is 0 Å². The third-order valence-electron chi connectivity index (χ3n) is 2.60. The molecule has 0 saturated carbocycles. The van der Waals surface area contributed by atoms with Crippen molar-refractivity contribution in [2.45, 2.75) is 26.4 Å². The van der Waals surface area contributed by atoms with Crippen LogP contribution in [0.3, 0.4) is 0 Å². The van der Waals surface area contributed by atoms with Gasteiger partial charge in [0.2, 0.25) is 0 Å². The topological polar surface area (TPSA) is 65.3 Å². The molecule has 0 radical (unpaired) electrons. The molecule has 0 fully saturated rings. The molecule has 0 aromatic carbocycles. The fourth-order valence-corrected chi connectivity index (χ4v) is 1.66. The fourth-order valence-electron chi connectivity index (χ4n) is 1.66. The zero-order valence-corrected chi connectivity index (χ0v) is 11.0. The molecule has 1 aromatic rings. The molecule has 1 rings (SSSR count). The third kappa shape index (κ3) is 4.12. The third-order valence-corrected chi connectivity index (χ3v) is 2.60. The van der Waals surface area contributed by atoms with Crippen molar-refractivity contribution in [2.24, 2.45) is 0 Å². The number of hydrogen-bond acceptors (Lipinski definition) is 4. The van der Waals surface area contributed by atoms with Crippen molar-refractivity contribution in [1.82, 2.24) is 14.5 Å². The molecule has 18 heavy (non-hydrogen) atoms. The predicted octanol–water partition coefficient (Wildman–Crippen LogP) is -0.344. The molecule has 0 unspecified atom stereocenters. The Hall–Kier alpha value is -1.40. The van der Waals surface area contributed by atoms with E-state index in [1.807, 2.05) is 6.92 Å². The average molecular weight is 255 g/mol. The van der Waals surface area contributed by atoms with Crippen LogP contribution in [-0.2, 0) is 17.8 Å². The average Bonchev–Trinajstić information content (AvgIpc) is 2.36. The highest BCUT2D eigenvalue weighted by Gasteiger charge is 2.03. The first-order valence-electron chi connectivity index (χ1n) is 6.20. The maximum absolute atomic E-state index is 12.0. The van der Waals surface area contributed by atoms with Crippen molar-refractivity contribution in [3.63, 3.8) is 0 Å². The Balaban J connectivity index is 2.66. The van der Waals surface area contributed by atoms with Crippen molar-refractivity contribution in [3.8, 4) is 0 Å². The molecule has 0 saturated heterocycles. The number of aryl methyl sites for hydroxylation is 1. The van der Waals surface area contributed by atoms with Crippen molar-refractivity contribution < 1.29 is 4.74 Å². The van der Waals surface area contributed by atoms with Gasteiger partial charge in [-0.05, 0) is 6.42 Å². The number of nitrogens with one attached hydrogen (secondary N) is 1. The van der Waals surface area contributed by atoms with Gasteiger partial charge in [-0.15, -0.1) is 0 Å². The number of rotatable bonds is 8. The summed E-state index contributed by atoms with van der Waals surface area (Å²) < 4.78 is 7.72. The van der Waals surface area contributed by atoms with Crippen molar-refractivity contribution in [2.75, 3.05) is 26.8 Å². The summed E-state index contributed by atoms with van der Waals surface area (Å²) in [5, 5.41) is 3.11. The Morgan fingerprint density at radius 1 is 1.28 bits per heavy atom. The van der Waals surface area contributed by atoms with Crippen LogP contribution in [0.15, 0.2) is 21.9 Å². The lowest BCUT2D eigenvalue weighted by Gasteiger charge is -2.09. The van der Waals surface area contributed by atoms with Crippen LogP contribution in [-0.4, -0.2) is 35.9 Å². The molecule has 1 N–H and O–H groups in total. The van der Waals surface area contributed by atoms with Crippen LogP contribution < -0.4 is 16.6 Å². The van der Waals surface area contributed by atoms with E-state index >= 15 is 0 Å². The lowest BCUT2D eigenvalue weighted by Crippen LogP contribution is -2.41. The van der Waals surface area contributed by atoms with E-state index in [4.69, 9.17) is 4.74 Å². The molecule has 0 atom stereocenters. The van der Waals surface area contributed by atoms with Crippen LogP contribution in [0.5, 0.6) is 0 Å². The highest BCUT2D eigenvalue weighted by Crippen LogP contribution is 1.83. The molecule has 1 aromatic heterocycles. The second-order valence-corrected chi connectivity index (χ2v) is 4.02. The number of nitrogens with zero attached hydrogens (tertiary/aromatic N) is 2. The molecule has 0 aliphatic rings. The summed E-state index contributed by atoms with van der Waals surface area (Å²) in [4.78, 5) is 23.6. The van der Waals surface area contributed by atoms with Crippen molar-refractivity contribution in [3.05, 3.63) is 33.1 Å². The number of methoxy groups -OCH3 is 1. The lowest BCUT2D eigenvalue weighted by atomic mass is 10.4. The minimum absolute atomic E-state index is 0.238. The second kappa shape index (κ2) is 7.84. The Bertz CT molecular complexity index is 464. The summed E-state index contributed by atoms with van der Waals surface area (Å²) in [7, 11) is 1.63. The van der Waals surface area contributed by atoms with Crippen LogP contribution in [0, 0.1) is 0 Å². The number of ether oxygens (including phenoxy) is 1. The van der Waals surface area contributed by atoms with Gasteiger partial charge in [-0.1, -0.05) is 6.92 Å². The van der Waals surface area contributed by atoms with E-state index in [2.05, 4.69) is 5.32 Å². The summed E-state index contributed by atoms with van der Waals surface area (Å²) in [5.74, 6) is 0. The Labute approximate surface area is 106 Å². The largest absolute Gasteiger partial charge is 0.383 e. The van der Waals surface area contributed by atoms with Gasteiger partial charge in [-0.25, -0.2) is 4.79 Å². The SMILES string of the molecule is CCCn1ccc(=O)n(CCNCCOC)c1=O. The van der Waals surface area contributed by atoms with Gasteiger partial charge in [-0.2, -0.15) is 0 Å². The zero-order valence-electron chi connectivity index (χ0n) is 11.0. The Morgan fingerprint density at radius 3 is 2.72 bits per heavy atom. The molecule has 102 valence electrons. The molecular formula is C12H21N3O3. The normalized spacial score (nSPS) is 10.8. The van der Waals surface area contributed by atoms with Gasteiger partial charge in [0, 0.05) is 45.6 Å². The molecule has 0 bridgehead atoms. The molecule has 0 amide bonds. The molecule has 6 nitrogen and oxygen atoms in total. The summed E-state index contributed by atoms with van der Waals surface area (Å²) >= 11 is 0. The van der Waals surface area contributed by atoms with Gasteiger partial charge in [0.25, 0.3) is 5.56 Å². The highest BCUT2D eigenvalue weighted by atomic mass is 16.5. The first-order valence-corrected chi connectivity index (χ1v) is 6.20. The summed E-state index contributed by atoms with van der Waals surface area (Å²) in [6, 6.07) is 1.44. The van der Waals surface area contributed by atoms with Gasteiger partial charge in [0.05, 0.1) is 6.61 Å². The second-order valence-electron chi connectivity index (χ2n) is 4.02. The lowest BCUT2D eigenvalue weighted by molar-refractivity contribution is 0.199. The maximum Gasteiger partial charge on any atom is 0.331 e. The van der Waals surface area contributed by atoms with Crippen LogP contribution in [0.1, 0.15) is 13.3 Å². The van der Waals surface area contributed by atoms with E-state index in [9.17, 15) is 9.59 Å². The standard InChI is InChI=1S/C12H21N3O3/c1-3-7-14-8-4-11(16)15(12(14)17)9-5-13-6-10-18-2/h4,8,13H,3,5-7,9-10H2,1-2H3. The summed E-state index contributed by atoms with van der Waals surface area (Å²) in [6.07, 6.45) is 2.42. The van der Waals surface area contributed by atoms with Gasteiger partial charge in [-0.3, -0.25) is 9.36 Å². The van der Waals surface area contributed by atoms with Gasteiger partial charge < -0.3 is 14.6 Å². The molecular weight excluding hydrogens is 234 g/mol. The van der Waals surface area contributed by atoms with E-state index in [1.165, 1.54) is 10.6 Å². The molecule has 0 aliphatic heterocycles. The van der Waals surface area contributed by atoms with Crippen LogP contribution in [0.2, 0.25) is 0 Å². The molecule has 0 aliphatic carbocycles. The quantitative estimate of drug-likeness (QED) is 0.645. The summed E-state index contributed by atoms with van der Waals surface area (Å²) in [6.45, 7) is 4.91. The number of aromatic nitrogens is 2. The van der Waals surface area contributed by atoms with E-state index in [0.29, 0.717) is 32.8 Å². The van der Waals surface area contributed by atoms with Gasteiger partial charge >= 0.3 is 5.69 Å². The van der Waals surface area contributed by atoms with Crippen LogP contribution in [0.25, 0.3) is 0 Å². The van der Waals surface area contributed by atoms with E-state index in [0.717, 1.165) is 6.42 Å². The van der Waals surface area contributed by atoms with Gasteiger partial charge in [0.1, 0.15) is 0 Å². The monoisotopic (exact) mass is 255 g/mol. The first-order chi connectivity index (χ1) is 8.70. The van der Waals surface area contributed by atoms with Crippen LogP contribution in [0.4, 0.5) is 0 Å². The molecule has 0 spiro atoms. The first kappa shape index (κ1) is 14.7. The Kier molecular flexibility index (Phi) is 6.38. The zero-order chi connectivity index (χ0) is 13.4. The van der Waals surface area contributed by atoms with Crippen LogP contribution >= 0.6 is 0 Å². The van der Waals surface area contributed by atoms with E-state index in [-0.39, 0.29) is 11.2 Å². The molecule has 1 heterocycles. The maximum atomic E-state index is 12.0. The molecule has 6 heteroatoms. The van der Waals surface area contributed by atoms with E-state index in [1.54, 1.807) is 17.9 Å². The highest BCUT2D eigenvalue weighted by molar-refractivity contribution is 4.86. The van der Waals surface area contributed by atoms with Crippen molar-refractivity contribution >= 4 is 0 Å². The minimum atomic E-state index is -0.249. The number of hydrogen-bond donors (Lipinski definition) is 1. The minimum Gasteiger partial charge on any atom is -0.383 e. The van der Waals surface area contributed by atoms with E-state index < -0.39 is 0 Å². The Morgan fingerprint density at radius 2 is 2.06 bits per heavy atom.